The molecular weight excluding hydrogens is 404 g/mol. The third-order valence-electron chi connectivity index (χ3n) is 4.91. The van der Waals surface area contributed by atoms with Crippen molar-refractivity contribution in [3.05, 3.63) is 54.4 Å². The average molecular weight is 431 g/mol. The number of nitrogens with one attached hydrogen (secondary N) is 2. The van der Waals surface area contributed by atoms with Crippen molar-refractivity contribution in [1.82, 2.24) is 14.6 Å². The monoisotopic (exact) mass is 430 g/mol. The number of anilines is 1. The van der Waals surface area contributed by atoms with Crippen LogP contribution >= 0.6 is 0 Å². The van der Waals surface area contributed by atoms with Gasteiger partial charge in [-0.05, 0) is 49.1 Å². The lowest BCUT2D eigenvalue weighted by atomic mass is 10.1. The van der Waals surface area contributed by atoms with E-state index in [2.05, 4.69) is 15.6 Å². The molecule has 30 heavy (non-hydrogen) atoms. The van der Waals surface area contributed by atoms with E-state index in [4.69, 9.17) is 0 Å². The fourth-order valence-corrected chi connectivity index (χ4v) is 4.77. The topological polar surface area (TPSA) is 108 Å². The highest BCUT2D eigenvalue weighted by molar-refractivity contribution is 7.89. The molecule has 0 unspecified atom stereocenters. The summed E-state index contributed by atoms with van der Waals surface area (Å²) in [4.78, 5) is 28.0. The second-order valence-electron chi connectivity index (χ2n) is 7.18. The highest BCUT2D eigenvalue weighted by Crippen LogP contribution is 2.21. The first-order valence-electron chi connectivity index (χ1n) is 10.0. The first kappa shape index (κ1) is 21.9. The van der Waals surface area contributed by atoms with Crippen LogP contribution < -0.4 is 10.6 Å². The predicted molar refractivity (Wildman–Crippen MR) is 113 cm³/mol. The number of rotatable bonds is 8. The molecule has 1 saturated heterocycles. The van der Waals surface area contributed by atoms with Crippen molar-refractivity contribution >= 4 is 27.5 Å². The molecule has 0 bridgehead atoms. The Morgan fingerprint density at radius 3 is 2.40 bits per heavy atom. The van der Waals surface area contributed by atoms with E-state index >= 15 is 0 Å². The van der Waals surface area contributed by atoms with Crippen LogP contribution in [0.2, 0.25) is 0 Å². The van der Waals surface area contributed by atoms with Crippen LogP contribution in [0.1, 0.15) is 31.2 Å². The summed E-state index contributed by atoms with van der Waals surface area (Å²) in [6.07, 6.45) is 6.65. The molecule has 1 fully saturated rings. The van der Waals surface area contributed by atoms with E-state index in [1.165, 1.54) is 10.5 Å². The quantitative estimate of drug-likeness (QED) is 0.665. The molecule has 0 saturated carbocycles. The Bertz CT molecular complexity index is 956. The number of carbonyl (C=O) groups is 2. The smallest absolute Gasteiger partial charge is 0.243 e. The second-order valence-corrected chi connectivity index (χ2v) is 9.11. The van der Waals surface area contributed by atoms with Gasteiger partial charge in [-0.25, -0.2) is 8.42 Å². The van der Waals surface area contributed by atoms with Crippen LogP contribution in [-0.4, -0.2) is 49.2 Å². The maximum Gasteiger partial charge on any atom is 0.243 e. The van der Waals surface area contributed by atoms with Gasteiger partial charge >= 0.3 is 0 Å². The Kier molecular flexibility index (Phi) is 7.53. The molecule has 2 aromatic rings. The number of nitrogens with zero attached hydrogens (tertiary/aromatic N) is 2. The van der Waals surface area contributed by atoms with Gasteiger partial charge in [0.15, 0.2) is 0 Å². The van der Waals surface area contributed by atoms with E-state index in [0.29, 0.717) is 25.2 Å². The van der Waals surface area contributed by atoms with E-state index in [1.54, 1.807) is 42.6 Å². The third-order valence-corrected chi connectivity index (χ3v) is 6.82. The number of aromatic nitrogens is 1. The molecular formula is C21H26N4O4S. The molecule has 0 atom stereocenters. The maximum atomic E-state index is 12.7. The normalized spacial score (nSPS) is 14.8. The Morgan fingerprint density at radius 1 is 1.00 bits per heavy atom. The minimum atomic E-state index is -3.45. The lowest BCUT2D eigenvalue weighted by Gasteiger charge is -2.25. The number of amides is 2. The Morgan fingerprint density at radius 2 is 1.73 bits per heavy atom. The molecule has 1 aromatic heterocycles. The van der Waals surface area contributed by atoms with Crippen LogP contribution in [0.4, 0.5) is 5.69 Å². The van der Waals surface area contributed by atoms with Gasteiger partial charge in [-0.3, -0.25) is 14.6 Å². The van der Waals surface area contributed by atoms with Gasteiger partial charge in [-0.2, -0.15) is 4.31 Å². The molecule has 1 aromatic carbocycles. The van der Waals surface area contributed by atoms with Gasteiger partial charge < -0.3 is 10.6 Å². The summed E-state index contributed by atoms with van der Waals surface area (Å²) in [5, 5.41) is 5.22. The van der Waals surface area contributed by atoms with E-state index in [9.17, 15) is 18.0 Å². The van der Waals surface area contributed by atoms with Crippen LogP contribution in [0.5, 0.6) is 0 Å². The number of hydrogen-bond donors (Lipinski definition) is 2. The fourth-order valence-electron chi connectivity index (χ4n) is 3.25. The van der Waals surface area contributed by atoms with Crippen molar-refractivity contribution in [2.45, 2.75) is 37.0 Å². The zero-order chi connectivity index (χ0) is 21.4. The molecule has 1 aliphatic heterocycles. The molecule has 9 heteroatoms. The van der Waals surface area contributed by atoms with Gasteiger partial charge in [0.2, 0.25) is 21.8 Å². The van der Waals surface area contributed by atoms with Gasteiger partial charge in [0.25, 0.3) is 0 Å². The van der Waals surface area contributed by atoms with Crippen molar-refractivity contribution in [2.24, 2.45) is 0 Å². The summed E-state index contributed by atoms with van der Waals surface area (Å²) >= 11 is 0. The Hall–Kier alpha value is -2.78. The minimum Gasteiger partial charge on any atom is -0.347 e. The zero-order valence-corrected chi connectivity index (χ0v) is 17.5. The van der Waals surface area contributed by atoms with Gasteiger partial charge in [0, 0.05) is 25.7 Å². The molecule has 2 N–H and O–H groups in total. The third kappa shape index (κ3) is 6.11. The van der Waals surface area contributed by atoms with E-state index in [1.807, 2.05) is 0 Å². The molecule has 0 spiro atoms. The number of aryl methyl sites for hydroxylation is 1. The van der Waals surface area contributed by atoms with Crippen molar-refractivity contribution in [1.29, 1.82) is 0 Å². The van der Waals surface area contributed by atoms with Crippen molar-refractivity contribution in [3.8, 4) is 0 Å². The fraction of sp³-hybridized carbons (Fsp3) is 0.381. The average Bonchev–Trinajstić information content (AvgIpc) is 2.78. The van der Waals surface area contributed by atoms with Gasteiger partial charge in [0.05, 0.1) is 23.3 Å². The van der Waals surface area contributed by atoms with Crippen LogP contribution in [0.25, 0.3) is 0 Å². The highest BCUT2D eigenvalue weighted by atomic mass is 32.2. The molecule has 0 radical (unpaired) electrons. The number of benzene rings is 1. The second kappa shape index (κ2) is 10.3. The summed E-state index contributed by atoms with van der Waals surface area (Å²) in [7, 11) is -3.45. The molecule has 3 rings (SSSR count). The molecule has 8 nitrogen and oxygen atoms in total. The van der Waals surface area contributed by atoms with Crippen LogP contribution in [0.3, 0.4) is 0 Å². The summed E-state index contributed by atoms with van der Waals surface area (Å²) in [6.45, 7) is 1.01. The number of carbonyl (C=O) groups excluding carboxylic acids is 2. The maximum absolute atomic E-state index is 12.7. The molecule has 160 valence electrons. The summed E-state index contributed by atoms with van der Waals surface area (Å²) < 4.78 is 26.9. The Labute approximate surface area is 176 Å². The Balaban J connectivity index is 1.44. The van der Waals surface area contributed by atoms with E-state index < -0.39 is 10.0 Å². The van der Waals surface area contributed by atoms with Gasteiger partial charge in [0.1, 0.15) is 0 Å². The first-order valence-corrected chi connectivity index (χ1v) is 11.4. The highest BCUT2D eigenvalue weighted by Gasteiger charge is 2.25. The predicted octanol–water partition coefficient (Wildman–Crippen LogP) is 1.94. The van der Waals surface area contributed by atoms with Crippen LogP contribution in [-0.2, 0) is 26.0 Å². The summed E-state index contributed by atoms with van der Waals surface area (Å²) in [5.74, 6) is -0.579. The number of pyridine rings is 1. The van der Waals surface area contributed by atoms with Gasteiger partial charge in [-0.15, -0.1) is 0 Å². The SMILES string of the molecule is O=C(CCc1ccc(S(=O)(=O)N2CCCCC2)cc1)NCC(=O)Nc1cccnc1. The largest absolute Gasteiger partial charge is 0.347 e. The number of hydrogen-bond acceptors (Lipinski definition) is 5. The van der Waals surface area contributed by atoms with E-state index in [-0.39, 0.29) is 29.7 Å². The first-order chi connectivity index (χ1) is 14.4. The van der Waals surface area contributed by atoms with Crippen LogP contribution in [0.15, 0.2) is 53.7 Å². The van der Waals surface area contributed by atoms with Crippen molar-refractivity contribution in [2.75, 3.05) is 25.0 Å². The summed E-state index contributed by atoms with van der Waals surface area (Å²) in [6, 6.07) is 10.1. The van der Waals surface area contributed by atoms with Gasteiger partial charge in [-0.1, -0.05) is 18.6 Å². The molecule has 1 aliphatic rings. The number of piperidine rings is 1. The minimum absolute atomic E-state index is 0.124. The summed E-state index contributed by atoms with van der Waals surface area (Å²) in [5.41, 5.74) is 1.43. The van der Waals surface area contributed by atoms with E-state index in [0.717, 1.165) is 24.8 Å². The lowest BCUT2D eigenvalue weighted by molar-refractivity contribution is -0.124. The standard InChI is InChI=1S/C21H26N4O4S/c26-20(23-16-21(27)24-18-5-4-12-22-15-18)11-8-17-6-9-19(10-7-17)30(28,29)25-13-2-1-3-14-25/h4-7,9-10,12,15H,1-3,8,11,13-14,16H2,(H,23,26)(H,24,27). The molecule has 2 amide bonds. The number of sulfonamides is 1. The zero-order valence-electron chi connectivity index (χ0n) is 16.7. The van der Waals surface area contributed by atoms with Crippen molar-refractivity contribution < 1.29 is 18.0 Å². The molecule has 2 heterocycles. The lowest BCUT2D eigenvalue weighted by Crippen LogP contribution is -2.35. The van der Waals surface area contributed by atoms with Crippen LogP contribution in [0, 0.1) is 0 Å². The molecule has 0 aliphatic carbocycles. The van der Waals surface area contributed by atoms with Crippen molar-refractivity contribution in [3.63, 3.8) is 0 Å².